The zero-order chi connectivity index (χ0) is 18.2. The van der Waals surface area contributed by atoms with Crippen molar-refractivity contribution in [3.63, 3.8) is 0 Å². The first kappa shape index (κ1) is 18.9. The highest BCUT2D eigenvalue weighted by atomic mass is 79.9. The summed E-state index contributed by atoms with van der Waals surface area (Å²) in [4.78, 5) is 23.6. The molecule has 0 spiro atoms. The van der Waals surface area contributed by atoms with Crippen molar-refractivity contribution in [1.29, 1.82) is 0 Å². The van der Waals surface area contributed by atoms with E-state index in [1.165, 1.54) is 18.2 Å². The van der Waals surface area contributed by atoms with Crippen LogP contribution in [0.15, 0.2) is 53.0 Å². The lowest BCUT2D eigenvalue weighted by Gasteiger charge is -2.08. The lowest BCUT2D eigenvalue weighted by Crippen LogP contribution is -2.30. The molecule has 2 rings (SSSR count). The number of halogens is 3. The van der Waals surface area contributed by atoms with E-state index in [0.29, 0.717) is 0 Å². The number of alkyl halides is 2. The molecule has 0 aliphatic rings. The summed E-state index contributed by atoms with van der Waals surface area (Å²) in [5.74, 6) is -1.35. The van der Waals surface area contributed by atoms with Crippen molar-refractivity contribution in [1.82, 2.24) is 5.32 Å². The number of benzene rings is 2. The average molecular weight is 414 g/mol. The number of carbonyl (C=O) groups excluding carboxylic acids is 2. The number of esters is 1. The molecule has 132 valence electrons. The van der Waals surface area contributed by atoms with Crippen molar-refractivity contribution in [2.45, 2.75) is 13.2 Å². The highest BCUT2D eigenvalue weighted by Crippen LogP contribution is 2.16. The minimum Gasteiger partial charge on any atom is -0.460 e. The second kappa shape index (κ2) is 9.12. The first-order chi connectivity index (χ1) is 11.9. The predicted molar refractivity (Wildman–Crippen MR) is 89.3 cm³/mol. The summed E-state index contributed by atoms with van der Waals surface area (Å²) in [6.45, 7) is -3.23. The smallest absolute Gasteiger partial charge is 0.387 e. The third-order valence-corrected chi connectivity index (χ3v) is 3.56. The molecule has 0 unspecified atom stereocenters. The van der Waals surface area contributed by atoms with E-state index >= 15 is 0 Å². The van der Waals surface area contributed by atoms with E-state index in [2.05, 4.69) is 26.0 Å². The fraction of sp³-hybridized carbons (Fsp3) is 0.176. The van der Waals surface area contributed by atoms with Crippen LogP contribution in [0.3, 0.4) is 0 Å². The van der Waals surface area contributed by atoms with Crippen molar-refractivity contribution >= 4 is 27.8 Å². The van der Waals surface area contributed by atoms with Crippen LogP contribution in [0.5, 0.6) is 5.75 Å². The van der Waals surface area contributed by atoms with Crippen molar-refractivity contribution < 1.29 is 27.8 Å². The van der Waals surface area contributed by atoms with Crippen LogP contribution in [-0.4, -0.2) is 25.0 Å². The molecule has 0 fully saturated rings. The Hall–Kier alpha value is -2.48. The maximum atomic E-state index is 12.2. The van der Waals surface area contributed by atoms with Gasteiger partial charge in [0, 0.05) is 10.0 Å². The number of amides is 1. The highest BCUT2D eigenvalue weighted by molar-refractivity contribution is 9.10. The summed E-state index contributed by atoms with van der Waals surface area (Å²) in [5.41, 5.74) is 0.901. The van der Waals surface area contributed by atoms with Crippen LogP contribution in [0.2, 0.25) is 0 Å². The zero-order valence-electron chi connectivity index (χ0n) is 12.9. The molecule has 25 heavy (non-hydrogen) atoms. The van der Waals surface area contributed by atoms with Gasteiger partial charge in [-0.3, -0.25) is 9.59 Å². The Bertz CT molecular complexity index is 738. The quantitative estimate of drug-likeness (QED) is 0.705. The maximum Gasteiger partial charge on any atom is 0.387 e. The van der Waals surface area contributed by atoms with Crippen molar-refractivity contribution in [2.75, 3.05) is 6.54 Å². The number of ether oxygens (including phenoxy) is 2. The molecule has 0 heterocycles. The first-order valence-electron chi connectivity index (χ1n) is 7.17. The second-order valence-corrected chi connectivity index (χ2v) is 5.79. The minimum atomic E-state index is -2.98. The van der Waals surface area contributed by atoms with Gasteiger partial charge in [0.25, 0.3) is 5.91 Å². The molecular formula is C17H14BrF2NO4. The van der Waals surface area contributed by atoms with Crippen LogP contribution < -0.4 is 10.1 Å². The molecule has 2 aromatic rings. The Morgan fingerprint density at radius 1 is 1.12 bits per heavy atom. The monoisotopic (exact) mass is 413 g/mol. The van der Waals surface area contributed by atoms with Crippen LogP contribution in [0.4, 0.5) is 8.78 Å². The second-order valence-electron chi connectivity index (χ2n) is 4.88. The topological polar surface area (TPSA) is 64.6 Å². The van der Waals surface area contributed by atoms with Gasteiger partial charge in [0.05, 0.1) is 0 Å². The lowest BCUT2D eigenvalue weighted by atomic mass is 10.2. The molecule has 0 radical (unpaired) electrons. The van der Waals surface area contributed by atoms with Gasteiger partial charge >= 0.3 is 12.6 Å². The summed E-state index contributed by atoms with van der Waals surface area (Å²) >= 11 is 3.30. The molecule has 0 aliphatic carbocycles. The molecule has 0 atom stereocenters. The summed E-state index contributed by atoms with van der Waals surface area (Å²) in [6, 6.07) is 12.5. The molecule has 0 bridgehead atoms. The molecule has 0 saturated heterocycles. The molecular weight excluding hydrogens is 400 g/mol. The third-order valence-electron chi connectivity index (χ3n) is 3.03. The summed E-state index contributed by atoms with van der Waals surface area (Å²) in [5, 5.41) is 2.36. The summed E-state index contributed by atoms with van der Waals surface area (Å²) in [6.07, 6.45) is 0. The van der Waals surface area contributed by atoms with Crippen LogP contribution in [0, 0.1) is 0 Å². The van der Waals surface area contributed by atoms with Crippen LogP contribution in [-0.2, 0) is 16.1 Å². The Balaban J connectivity index is 1.80. The van der Waals surface area contributed by atoms with Crippen LogP contribution in [0.25, 0.3) is 0 Å². The fourth-order valence-electron chi connectivity index (χ4n) is 1.86. The predicted octanol–water partition coefficient (Wildman–Crippen LogP) is 3.52. The average Bonchev–Trinajstić information content (AvgIpc) is 2.59. The molecule has 0 aromatic heterocycles. The third kappa shape index (κ3) is 6.50. The van der Waals surface area contributed by atoms with Crippen molar-refractivity contribution in [2.24, 2.45) is 0 Å². The van der Waals surface area contributed by atoms with Crippen molar-refractivity contribution in [3.8, 4) is 5.75 Å². The first-order valence-corrected chi connectivity index (χ1v) is 7.96. The van der Waals surface area contributed by atoms with Gasteiger partial charge in [-0.2, -0.15) is 8.78 Å². The van der Waals surface area contributed by atoms with Gasteiger partial charge in [-0.1, -0.05) is 34.1 Å². The van der Waals surface area contributed by atoms with Gasteiger partial charge < -0.3 is 14.8 Å². The Labute approximate surface area is 151 Å². The normalized spacial score (nSPS) is 10.4. The van der Waals surface area contributed by atoms with E-state index in [4.69, 9.17) is 4.74 Å². The van der Waals surface area contributed by atoms with E-state index in [9.17, 15) is 18.4 Å². The number of hydrogen-bond donors (Lipinski definition) is 1. The van der Waals surface area contributed by atoms with Crippen LogP contribution in [0.1, 0.15) is 15.9 Å². The Morgan fingerprint density at radius 2 is 1.84 bits per heavy atom. The molecule has 1 N–H and O–H groups in total. The minimum absolute atomic E-state index is 0.0830. The van der Waals surface area contributed by atoms with Gasteiger partial charge in [0.2, 0.25) is 0 Å². The number of nitrogens with one attached hydrogen (secondary N) is 1. The summed E-state index contributed by atoms with van der Waals surface area (Å²) < 4.78 is 34.5. The van der Waals surface area contributed by atoms with Gasteiger partial charge in [-0.25, -0.2) is 0 Å². The van der Waals surface area contributed by atoms with E-state index < -0.39 is 18.5 Å². The standard InChI is InChI=1S/C17H14BrF2NO4/c18-13-6-4-11(5-7-13)10-24-15(22)9-21-16(23)12-2-1-3-14(8-12)25-17(19)20/h1-8,17H,9-10H2,(H,21,23). The largest absolute Gasteiger partial charge is 0.460 e. The maximum absolute atomic E-state index is 12.2. The number of carbonyl (C=O) groups is 2. The van der Waals surface area contributed by atoms with Gasteiger partial charge in [0.1, 0.15) is 18.9 Å². The molecule has 0 aliphatic heterocycles. The van der Waals surface area contributed by atoms with Gasteiger partial charge in [-0.15, -0.1) is 0 Å². The molecule has 5 nitrogen and oxygen atoms in total. The summed E-state index contributed by atoms with van der Waals surface area (Å²) in [7, 11) is 0. The zero-order valence-corrected chi connectivity index (χ0v) is 14.5. The van der Waals surface area contributed by atoms with E-state index in [0.717, 1.165) is 16.1 Å². The van der Waals surface area contributed by atoms with Gasteiger partial charge in [-0.05, 0) is 35.9 Å². The van der Waals surface area contributed by atoms with Crippen molar-refractivity contribution in [3.05, 3.63) is 64.1 Å². The Kier molecular flexibility index (Phi) is 6.88. The van der Waals surface area contributed by atoms with Gasteiger partial charge in [0.15, 0.2) is 0 Å². The van der Waals surface area contributed by atoms with E-state index in [1.54, 1.807) is 12.1 Å². The number of rotatable bonds is 7. The highest BCUT2D eigenvalue weighted by Gasteiger charge is 2.11. The SMILES string of the molecule is O=C(CNC(=O)c1cccc(OC(F)F)c1)OCc1ccc(Br)cc1. The molecule has 0 saturated carbocycles. The molecule has 2 aromatic carbocycles. The van der Waals surface area contributed by atoms with E-state index in [-0.39, 0.29) is 24.5 Å². The fourth-order valence-corrected chi connectivity index (χ4v) is 2.13. The van der Waals surface area contributed by atoms with Crippen LogP contribution >= 0.6 is 15.9 Å². The van der Waals surface area contributed by atoms with E-state index in [1.807, 2.05) is 12.1 Å². The lowest BCUT2D eigenvalue weighted by molar-refractivity contribution is -0.143. The molecule has 8 heteroatoms. The Morgan fingerprint density at radius 3 is 2.52 bits per heavy atom. The molecule has 1 amide bonds. The number of hydrogen-bond acceptors (Lipinski definition) is 4.